The summed E-state index contributed by atoms with van der Waals surface area (Å²) in [6.45, 7) is 1.01. The van der Waals surface area contributed by atoms with Crippen molar-refractivity contribution in [1.82, 2.24) is 5.32 Å². The van der Waals surface area contributed by atoms with Crippen molar-refractivity contribution in [1.29, 1.82) is 0 Å². The van der Waals surface area contributed by atoms with Crippen molar-refractivity contribution in [2.75, 3.05) is 7.11 Å². The number of rotatable bonds is 5. The first-order valence-electron chi connectivity index (χ1n) is 6.29. The summed E-state index contributed by atoms with van der Waals surface area (Å²) in [5, 5.41) is 2.91. The second-order valence-electron chi connectivity index (χ2n) is 4.45. The van der Waals surface area contributed by atoms with Crippen molar-refractivity contribution >= 4 is 21.8 Å². The quantitative estimate of drug-likeness (QED) is 0.908. The molecule has 0 aliphatic carbocycles. The van der Waals surface area contributed by atoms with Crippen LogP contribution < -0.4 is 5.32 Å². The number of carbonyl (C=O) groups excluding carboxylic acids is 1. The van der Waals surface area contributed by atoms with Gasteiger partial charge in [0.25, 0.3) is 5.91 Å². The predicted octanol–water partition coefficient (Wildman–Crippen LogP) is 3.53. The van der Waals surface area contributed by atoms with E-state index in [2.05, 4.69) is 21.2 Å². The van der Waals surface area contributed by atoms with Gasteiger partial charge in [0.1, 0.15) is 0 Å². The van der Waals surface area contributed by atoms with Crippen molar-refractivity contribution in [3.05, 3.63) is 69.7 Å². The number of ether oxygens (including phenoxy) is 1. The predicted molar refractivity (Wildman–Crippen MR) is 82.5 cm³/mol. The monoisotopic (exact) mass is 333 g/mol. The van der Waals surface area contributed by atoms with Crippen molar-refractivity contribution in [2.45, 2.75) is 13.2 Å². The number of hydrogen-bond donors (Lipinski definition) is 1. The average Bonchev–Trinajstić information content (AvgIpc) is 2.45. The van der Waals surface area contributed by atoms with E-state index in [1.54, 1.807) is 13.2 Å². The van der Waals surface area contributed by atoms with Gasteiger partial charge >= 0.3 is 0 Å². The molecular formula is C16H16BrNO2. The Morgan fingerprint density at radius 3 is 2.65 bits per heavy atom. The van der Waals surface area contributed by atoms with Crippen LogP contribution >= 0.6 is 15.9 Å². The maximum Gasteiger partial charge on any atom is 0.251 e. The molecule has 0 aliphatic rings. The summed E-state index contributed by atoms with van der Waals surface area (Å²) in [4.78, 5) is 12.1. The van der Waals surface area contributed by atoms with E-state index in [9.17, 15) is 4.79 Å². The second kappa shape index (κ2) is 7.22. The molecule has 0 heterocycles. The van der Waals surface area contributed by atoms with E-state index >= 15 is 0 Å². The molecular weight excluding hydrogens is 318 g/mol. The Labute approximate surface area is 127 Å². The number of benzene rings is 2. The van der Waals surface area contributed by atoms with Crippen molar-refractivity contribution in [3.63, 3.8) is 0 Å². The smallest absolute Gasteiger partial charge is 0.251 e. The third kappa shape index (κ3) is 4.18. The molecule has 0 bridgehead atoms. The van der Waals surface area contributed by atoms with E-state index in [-0.39, 0.29) is 5.91 Å². The van der Waals surface area contributed by atoms with E-state index in [0.29, 0.717) is 18.7 Å². The van der Waals surface area contributed by atoms with Gasteiger partial charge < -0.3 is 10.1 Å². The summed E-state index contributed by atoms with van der Waals surface area (Å²) < 4.78 is 6.07. The van der Waals surface area contributed by atoms with Crippen LogP contribution in [0.5, 0.6) is 0 Å². The van der Waals surface area contributed by atoms with Crippen LogP contribution in [0.2, 0.25) is 0 Å². The van der Waals surface area contributed by atoms with Crippen LogP contribution in [0, 0.1) is 0 Å². The van der Waals surface area contributed by atoms with Gasteiger partial charge in [0, 0.05) is 23.7 Å². The minimum absolute atomic E-state index is 0.0806. The fourth-order valence-corrected chi connectivity index (χ4v) is 2.35. The molecule has 0 fully saturated rings. The van der Waals surface area contributed by atoms with E-state index in [1.165, 1.54) is 0 Å². The number of carbonyl (C=O) groups is 1. The highest BCUT2D eigenvalue weighted by molar-refractivity contribution is 9.10. The Hall–Kier alpha value is -1.65. The summed E-state index contributed by atoms with van der Waals surface area (Å²) in [5.41, 5.74) is 2.69. The van der Waals surface area contributed by atoms with E-state index in [4.69, 9.17) is 4.74 Å². The molecule has 1 N–H and O–H groups in total. The van der Waals surface area contributed by atoms with Crippen LogP contribution in [0.1, 0.15) is 21.5 Å². The van der Waals surface area contributed by atoms with Crippen LogP contribution in [0.25, 0.3) is 0 Å². The maximum absolute atomic E-state index is 12.1. The van der Waals surface area contributed by atoms with Crippen LogP contribution in [0.3, 0.4) is 0 Å². The van der Waals surface area contributed by atoms with Gasteiger partial charge in [-0.1, -0.05) is 40.2 Å². The number of methoxy groups -OCH3 is 1. The Balaban J connectivity index is 1.99. The summed E-state index contributed by atoms with van der Waals surface area (Å²) in [7, 11) is 1.64. The molecule has 0 saturated carbocycles. The molecule has 4 heteroatoms. The van der Waals surface area contributed by atoms with Crippen molar-refractivity contribution < 1.29 is 9.53 Å². The Kier molecular flexibility index (Phi) is 5.32. The zero-order chi connectivity index (χ0) is 14.4. The molecule has 0 spiro atoms. The second-order valence-corrected chi connectivity index (χ2v) is 5.36. The molecule has 2 aromatic rings. The van der Waals surface area contributed by atoms with Gasteiger partial charge in [0.15, 0.2) is 0 Å². The summed E-state index contributed by atoms with van der Waals surface area (Å²) >= 11 is 3.41. The van der Waals surface area contributed by atoms with Crippen LogP contribution in [-0.4, -0.2) is 13.0 Å². The van der Waals surface area contributed by atoms with Gasteiger partial charge in [0.2, 0.25) is 0 Å². The number of halogens is 1. The van der Waals surface area contributed by atoms with E-state index in [0.717, 1.165) is 15.6 Å². The van der Waals surface area contributed by atoms with Gasteiger partial charge in [-0.2, -0.15) is 0 Å². The standard InChI is InChI=1S/C16H16BrNO2/c1-20-11-13-5-2-6-14(8-13)16(19)18-10-12-4-3-7-15(17)9-12/h2-9H,10-11H2,1H3,(H,18,19). The minimum Gasteiger partial charge on any atom is -0.380 e. The first-order chi connectivity index (χ1) is 9.69. The Bertz CT molecular complexity index is 599. The molecule has 2 rings (SSSR count). The maximum atomic E-state index is 12.1. The molecule has 1 amide bonds. The normalized spacial score (nSPS) is 10.3. The molecule has 0 radical (unpaired) electrons. The molecule has 20 heavy (non-hydrogen) atoms. The van der Waals surface area contributed by atoms with Crippen LogP contribution in [-0.2, 0) is 17.9 Å². The van der Waals surface area contributed by atoms with Crippen LogP contribution in [0.4, 0.5) is 0 Å². The van der Waals surface area contributed by atoms with E-state index in [1.807, 2.05) is 42.5 Å². The van der Waals surface area contributed by atoms with Gasteiger partial charge in [-0.25, -0.2) is 0 Å². The Morgan fingerprint density at radius 1 is 1.15 bits per heavy atom. The fourth-order valence-electron chi connectivity index (χ4n) is 1.90. The van der Waals surface area contributed by atoms with Gasteiger partial charge in [-0.05, 0) is 35.4 Å². The molecule has 0 aliphatic heterocycles. The zero-order valence-electron chi connectivity index (χ0n) is 11.2. The lowest BCUT2D eigenvalue weighted by atomic mass is 10.1. The SMILES string of the molecule is COCc1cccc(C(=O)NCc2cccc(Br)c2)c1. The molecule has 3 nitrogen and oxygen atoms in total. The first kappa shape index (κ1) is 14.8. The molecule has 104 valence electrons. The van der Waals surface area contributed by atoms with Crippen LogP contribution in [0.15, 0.2) is 53.0 Å². The lowest BCUT2D eigenvalue weighted by Crippen LogP contribution is -2.22. The first-order valence-corrected chi connectivity index (χ1v) is 7.09. The lowest BCUT2D eigenvalue weighted by Gasteiger charge is -2.07. The lowest BCUT2D eigenvalue weighted by molar-refractivity contribution is 0.0950. The highest BCUT2D eigenvalue weighted by Crippen LogP contribution is 2.12. The summed E-state index contributed by atoms with van der Waals surface area (Å²) in [6, 6.07) is 15.3. The highest BCUT2D eigenvalue weighted by atomic mass is 79.9. The topological polar surface area (TPSA) is 38.3 Å². The number of nitrogens with one attached hydrogen (secondary N) is 1. The molecule has 0 atom stereocenters. The number of hydrogen-bond acceptors (Lipinski definition) is 2. The number of amides is 1. The Morgan fingerprint density at radius 2 is 1.90 bits per heavy atom. The van der Waals surface area contributed by atoms with E-state index < -0.39 is 0 Å². The average molecular weight is 334 g/mol. The summed E-state index contributed by atoms with van der Waals surface area (Å²) in [6.07, 6.45) is 0. The molecule has 0 unspecified atom stereocenters. The molecule has 0 aromatic heterocycles. The van der Waals surface area contributed by atoms with Crippen molar-refractivity contribution in [3.8, 4) is 0 Å². The molecule has 0 saturated heterocycles. The van der Waals surface area contributed by atoms with Gasteiger partial charge in [-0.3, -0.25) is 4.79 Å². The summed E-state index contributed by atoms with van der Waals surface area (Å²) in [5.74, 6) is -0.0806. The van der Waals surface area contributed by atoms with Crippen molar-refractivity contribution in [2.24, 2.45) is 0 Å². The zero-order valence-corrected chi connectivity index (χ0v) is 12.8. The van der Waals surface area contributed by atoms with Gasteiger partial charge in [-0.15, -0.1) is 0 Å². The fraction of sp³-hybridized carbons (Fsp3) is 0.188. The highest BCUT2D eigenvalue weighted by Gasteiger charge is 2.06. The van der Waals surface area contributed by atoms with Gasteiger partial charge in [0.05, 0.1) is 6.61 Å². The minimum atomic E-state index is -0.0806. The molecule has 2 aromatic carbocycles. The third-order valence-corrected chi connectivity index (χ3v) is 3.34. The largest absolute Gasteiger partial charge is 0.380 e. The third-order valence-electron chi connectivity index (χ3n) is 2.84.